The Bertz CT molecular complexity index is 435. The van der Waals surface area contributed by atoms with Gasteiger partial charge >= 0.3 is 0 Å². The number of hydrogen-bond acceptors (Lipinski definition) is 2. The summed E-state index contributed by atoms with van der Waals surface area (Å²) in [6.45, 7) is 0.505. The van der Waals surface area contributed by atoms with E-state index in [1.165, 1.54) is 25.7 Å². The zero-order valence-electron chi connectivity index (χ0n) is 10.5. The van der Waals surface area contributed by atoms with Crippen LogP contribution in [-0.4, -0.2) is 5.91 Å². The molecule has 3 atom stereocenters. The molecule has 1 amide bonds. The average molecular weight is 245 g/mol. The molecule has 3 nitrogen and oxygen atoms in total. The lowest BCUT2D eigenvalue weighted by molar-refractivity contribution is -0.123. The third-order valence-electron chi connectivity index (χ3n) is 4.07. The van der Waals surface area contributed by atoms with Crippen molar-refractivity contribution in [3.05, 3.63) is 36.3 Å². The van der Waals surface area contributed by atoms with Crippen molar-refractivity contribution in [1.82, 2.24) is 5.32 Å². The first-order valence-corrected chi connectivity index (χ1v) is 6.83. The van der Waals surface area contributed by atoms with E-state index >= 15 is 0 Å². The minimum absolute atomic E-state index is 0.188. The van der Waals surface area contributed by atoms with Crippen molar-refractivity contribution in [3.8, 4) is 0 Å². The molecule has 1 aromatic heterocycles. The monoisotopic (exact) mass is 245 g/mol. The first kappa shape index (κ1) is 11.6. The summed E-state index contributed by atoms with van der Waals surface area (Å²) in [5.41, 5.74) is 0. The number of amides is 1. The molecule has 1 saturated carbocycles. The van der Waals surface area contributed by atoms with Crippen LogP contribution < -0.4 is 5.32 Å². The molecule has 1 N–H and O–H groups in total. The molecule has 0 bridgehead atoms. The van der Waals surface area contributed by atoms with Gasteiger partial charge in [0, 0.05) is 5.92 Å². The van der Waals surface area contributed by atoms with Gasteiger partial charge in [-0.25, -0.2) is 0 Å². The molecule has 3 rings (SSSR count). The predicted octanol–water partition coefficient (Wildman–Crippen LogP) is 2.89. The fourth-order valence-corrected chi connectivity index (χ4v) is 3.00. The van der Waals surface area contributed by atoms with Gasteiger partial charge in [-0.2, -0.15) is 0 Å². The molecule has 2 aliphatic carbocycles. The van der Waals surface area contributed by atoms with E-state index in [1.54, 1.807) is 6.26 Å². The molecule has 0 aliphatic heterocycles. The number of carbonyl (C=O) groups excluding carboxylic acids is 1. The summed E-state index contributed by atoms with van der Waals surface area (Å²) in [4.78, 5) is 12.1. The molecule has 3 heteroatoms. The number of rotatable bonds is 3. The smallest absolute Gasteiger partial charge is 0.224 e. The lowest BCUT2D eigenvalue weighted by atomic mass is 10.1. The van der Waals surface area contributed by atoms with Gasteiger partial charge < -0.3 is 9.73 Å². The molecular formula is C15H19NO2. The van der Waals surface area contributed by atoms with Gasteiger partial charge in [0.05, 0.1) is 12.8 Å². The van der Waals surface area contributed by atoms with Crippen LogP contribution in [-0.2, 0) is 11.3 Å². The Hall–Kier alpha value is -1.51. The first-order chi connectivity index (χ1) is 8.86. The van der Waals surface area contributed by atoms with Crippen molar-refractivity contribution >= 4 is 5.91 Å². The molecule has 0 aromatic carbocycles. The fourth-order valence-electron chi connectivity index (χ4n) is 3.00. The van der Waals surface area contributed by atoms with Gasteiger partial charge in [-0.15, -0.1) is 0 Å². The molecule has 0 saturated heterocycles. The Kier molecular flexibility index (Phi) is 3.22. The second kappa shape index (κ2) is 5.01. The van der Waals surface area contributed by atoms with E-state index < -0.39 is 0 Å². The highest BCUT2D eigenvalue weighted by Crippen LogP contribution is 2.51. The Morgan fingerprint density at radius 3 is 3.22 bits per heavy atom. The second-order valence-corrected chi connectivity index (χ2v) is 5.28. The highest BCUT2D eigenvalue weighted by Gasteiger charge is 2.52. The van der Waals surface area contributed by atoms with Gasteiger partial charge in [-0.05, 0) is 43.2 Å². The fraction of sp³-hybridized carbons (Fsp3) is 0.533. The maximum Gasteiger partial charge on any atom is 0.224 e. The summed E-state index contributed by atoms with van der Waals surface area (Å²) in [5, 5.41) is 2.98. The van der Waals surface area contributed by atoms with Crippen molar-refractivity contribution < 1.29 is 9.21 Å². The molecule has 18 heavy (non-hydrogen) atoms. The van der Waals surface area contributed by atoms with Crippen LogP contribution >= 0.6 is 0 Å². The Labute approximate surface area is 107 Å². The number of fused-ring (bicyclic) bond motifs is 1. The summed E-state index contributed by atoms with van der Waals surface area (Å²) in [5.74, 6) is 2.28. The highest BCUT2D eigenvalue weighted by atomic mass is 16.3. The van der Waals surface area contributed by atoms with Crippen molar-refractivity contribution in [2.75, 3.05) is 0 Å². The number of allylic oxidation sites excluding steroid dienone is 2. The molecule has 1 heterocycles. The molecular weight excluding hydrogens is 226 g/mol. The SMILES string of the molecule is O=C(NCc1ccco1)C1C2/C=C\CCCCC21. The van der Waals surface area contributed by atoms with Gasteiger partial charge in [0.15, 0.2) is 0 Å². The summed E-state index contributed by atoms with van der Waals surface area (Å²) in [6.07, 6.45) is 11.0. The Balaban J connectivity index is 1.54. The van der Waals surface area contributed by atoms with Gasteiger partial charge in [-0.1, -0.05) is 18.6 Å². The van der Waals surface area contributed by atoms with Crippen molar-refractivity contribution in [1.29, 1.82) is 0 Å². The molecule has 3 unspecified atom stereocenters. The van der Waals surface area contributed by atoms with Crippen LogP contribution in [0.1, 0.15) is 31.4 Å². The van der Waals surface area contributed by atoms with Gasteiger partial charge in [0.25, 0.3) is 0 Å². The second-order valence-electron chi connectivity index (χ2n) is 5.28. The Morgan fingerprint density at radius 2 is 2.39 bits per heavy atom. The lowest BCUT2D eigenvalue weighted by Crippen LogP contribution is -2.25. The quantitative estimate of drug-likeness (QED) is 0.832. The average Bonchev–Trinajstić information content (AvgIpc) is 2.79. The third kappa shape index (κ3) is 2.35. The summed E-state index contributed by atoms with van der Waals surface area (Å²) >= 11 is 0. The van der Waals surface area contributed by atoms with E-state index in [0.717, 1.165) is 5.76 Å². The van der Waals surface area contributed by atoms with E-state index in [2.05, 4.69) is 17.5 Å². The van der Waals surface area contributed by atoms with Crippen LogP contribution in [0.4, 0.5) is 0 Å². The van der Waals surface area contributed by atoms with Gasteiger partial charge in [-0.3, -0.25) is 4.79 Å². The first-order valence-electron chi connectivity index (χ1n) is 6.83. The molecule has 0 radical (unpaired) electrons. The number of carbonyl (C=O) groups is 1. The normalized spacial score (nSPS) is 31.9. The van der Waals surface area contributed by atoms with Crippen LogP contribution in [0, 0.1) is 17.8 Å². The van der Waals surface area contributed by atoms with Crippen LogP contribution in [0.3, 0.4) is 0 Å². The van der Waals surface area contributed by atoms with E-state index in [-0.39, 0.29) is 11.8 Å². The van der Waals surface area contributed by atoms with Gasteiger partial charge in [0.1, 0.15) is 5.76 Å². The molecule has 96 valence electrons. The number of nitrogens with one attached hydrogen (secondary N) is 1. The van der Waals surface area contributed by atoms with Gasteiger partial charge in [0.2, 0.25) is 5.91 Å². The summed E-state index contributed by atoms with van der Waals surface area (Å²) in [7, 11) is 0. The van der Waals surface area contributed by atoms with Crippen molar-refractivity contribution in [2.45, 2.75) is 32.2 Å². The van der Waals surface area contributed by atoms with Crippen LogP contribution in [0.2, 0.25) is 0 Å². The van der Waals surface area contributed by atoms with Crippen molar-refractivity contribution in [2.24, 2.45) is 17.8 Å². The number of hydrogen-bond donors (Lipinski definition) is 1. The largest absolute Gasteiger partial charge is 0.467 e. The zero-order valence-corrected chi connectivity index (χ0v) is 10.5. The van der Waals surface area contributed by atoms with E-state index in [0.29, 0.717) is 18.4 Å². The predicted molar refractivity (Wildman–Crippen MR) is 68.6 cm³/mol. The van der Waals surface area contributed by atoms with E-state index in [9.17, 15) is 4.79 Å². The van der Waals surface area contributed by atoms with E-state index in [1.807, 2.05) is 12.1 Å². The maximum atomic E-state index is 12.1. The zero-order chi connectivity index (χ0) is 12.4. The maximum absolute atomic E-state index is 12.1. The summed E-state index contributed by atoms with van der Waals surface area (Å²) < 4.78 is 5.21. The number of furan rings is 1. The van der Waals surface area contributed by atoms with Crippen molar-refractivity contribution in [3.63, 3.8) is 0 Å². The van der Waals surface area contributed by atoms with Crippen LogP contribution in [0.15, 0.2) is 35.0 Å². The summed E-state index contributed by atoms with van der Waals surface area (Å²) in [6, 6.07) is 3.73. The highest BCUT2D eigenvalue weighted by molar-refractivity contribution is 5.82. The van der Waals surface area contributed by atoms with Crippen LogP contribution in [0.5, 0.6) is 0 Å². The standard InChI is InChI=1S/C15H19NO2/c17-15(16-10-11-6-5-9-18-11)14-12-7-3-1-2-4-8-13(12)14/h3,5-7,9,12-14H,1-2,4,8,10H2,(H,16,17)/b7-3-. The Morgan fingerprint density at radius 1 is 1.44 bits per heavy atom. The molecule has 1 aromatic rings. The topological polar surface area (TPSA) is 42.2 Å². The van der Waals surface area contributed by atoms with E-state index in [4.69, 9.17) is 4.42 Å². The third-order valence-corrected chi connectivity index (χ3v) is 4.07. The molecule has 0 spiro atoms. The molecule has 1 fully saturated rings. The minimum Gasteiger partial charge on any atom is -0.467 e. The van der Waals surface area contributed by atoms with Crippen LogP contribution in [0.25, 0.3) is 0 Å². The molecule has 2 aliphatic rings. The lowest BCUT2D eigenvalue weighted by Gasteiger charge is -2.02. The minimum atomic E-state index is 0.188.